The molecule has 0 spiro atoms. The van der Waals surface area contributed by atoms with Crippen LogP contribution in [-0.2, 0) is 0 Å². The fourth-order valence-corrected chi connectivity index (χ4v) is 2.25. The normalized spacial score (nSPS) is 17.0. The van der Waals surface area contributed by atoms with Crippen LogP contribution >= 0.6 is 0 Å². The van der Waals surface area contributed by atoms with Gasteiger partial charge in [0.05, 0.1) is 6.54 Å². The largest absolute Gasteiger partial charge is 0.507 e. The van der Waals surface area contributed by atoms with E-state index in [0.717, 1.165) is 6.07 Å². The first kappa shape index (κ1) is 15.0. The zero-order chi connectivity index (χ0) is 15.4. The van der Waals surface area contributed by atoms with Gasteiger partial charge in [0.2, 0.25) is 0 Å². The summed E-state index contributed by atoms with van der Waals surface area (Å²) in [5.74, 6) is -1.53. The van der Waals surface area contributed by atoms with Gasteiger partial charge >= 0.3 is 0 Å². The first-order chi connectivity index (χ1) is 10.0. The minimum absolute atomic E-state index is 0.0986. The third-order valence-electron chi connectivity index (χ3n) is 3.38. The molecule has 0 radical (unpaired) electrons. The Bertz CT molecular complexity index is 536. The molecule has 0 atom stereocenters. The monoisotopic (exact) mass is 296 g/mol. The Labute approximate surface area is 121 Å². The van der Waals surface area contributed by atoms with Crippen molar-refractivity contribution < 1.29 is 19.5 Å². The summed E-state index contributed by atoms with van der Waals surface area (Å²) in [7, 11) is 0. The van der Waals surface area contributed by atoms with E-state index in [2.05, 4.69) is 5.16 Å². The van der Waals surface area contributed by atoms with E-state index in [1.807, 2.05) is 4.90 Å². The van der Waals surface area contributed by atoms with Gasteiger partial charge < -0.3 is 20.9 Å². The van der Waals surface area contributed by atoms with Crippen LogP contribution in [0.4, 0.5) is 4.39 Å². The van der Waals surface area contributed by atoms with Crippen LogP contribution in [0.15, 0.2) is 23.4 Å². The number of amidine groups is 1. The predicted octanol–water partition coefficient (Wildman–Crippen LogP) is 0.0355. The molecule has 4 N–H and O–H groups in total. The molecule has 1 amide bonds. The highest BCUT2D eigenvalue weighted by molar-refractivity contribution is 5.97. The average Bonchev–Trinajstić information content (AvgIpc) is 2.47. The Morgan fingerprint density at radius 2 is 2.00 bits per heavy atom. The Kier molecular flexibility index (Phi) is 4.59. The van der Waals surface area contributed by atoms with E-state index in [1.54, 1.807) is 0 Å². The summed E-state index contributed by atoms with van der Waals surface area (Å²) in [6, 6.07) is 3.77. The second kappa shape index (κ2) is 6.40. The molecular formula is C13H17FN4O3. The third-order valence-corrected chi connectivity index (χ3v) is 3.38. The molecule has 0 aromatic heterocycles. The van der Waals surface area contributed by atoms with Crippen molar-refractivity contribution >= 4 is 11.7 Å². The summed E-state index contributed by atoms with van der Waals surface area (Å²) in [6.45, 7) is 2.12. The molecule has 0 aliphatic carbocycles. The first-order valence-electron chi connectivity index (χ1n) is 6.48. The Balaban J connectivity index is 2.01. The molecule has 1 aliphatic heterocycles. The molecule has 1 saturated heterocycles. The number of carbonyl (C=O) groups is 1. The second-order valence-electron chi connectivity index (χ2n) is 4.79. The number of nitrogens with zero attached hydrogens (tertiary/aromatic N) is 3. The lowest BCUT2D eigenvalue weighted by Crippen LogP contribution is -2.50. The molecule has 1 fully saturated rings. The van der Waals surface area contributed by atoms with Gasteiger partial charge in [-0.25, -0.2) is 4.39 Å². The number of nitrogens with two attached hydrogens (primary N) is 1. The van der Waals surface area contributed by atoms with E-state index in [0.29, 0.717) is 32.7 Å². The number of phenols is 1. The van der Waals surface area contributed by atoms with Crippen molar-refractivity contribution in [3.05, 3.63) is 29.6 Å². The molecule has 114 valence electrons. The number of piperazine rings is 1. The molecule has 21 heavy (non-hydrogen) atoms. The maximum Gasteiger partial charge on any atom is 0.260 e. The van der Waals surface area contributed by atoms with Gasteiger partial charge in [-0.05, 0) is 12.1 Å². The molecule has 1 aromatic rings. The number of aromatic hydroxyl groups is 1. The van der Waals surface area contributed by atoms with Crippen LogP contribution in [0.5, 0.6) is 5.75 Å². The van der Waals surface area contributed by atoms with Crippen molar-refractivity contribution in [1.29, 1.82) is 0 Å². The standard InChI is InChI=1S/C13H17FN4O3/c14-9-2-1-3-10(19)12(9)13(20)18-6-4-17(5-7-18)8-11(15)16-21/h1-3,19,21H,4-8H2,(H2,15,16). The maximum atomic E-state index is 13.7. The number of oxime groups is 1. The van der Waals surface area contributed by atoms with E-state index in [-0.39, 0.29) is 17.1 Å². The van der Waals surface area contributed by atoms with E-state index < -0.39 is 11.7 Å². The van der Waals surface area contributed by atoms with Gasteiger partial charge in [0.15, 0.2) is 5.84 Å². The third kappa shape index (κ3) is 3.40. The number of hydrogen-bond acceptors (Lipinski definition) is 5. The van der Waals surface area contributed by atoms with Crippen LogP contribution in [-0.4, -0.2) is 64.6 Å². The summed E-state index contributed by atoms with van der Waals surface area (Å²) < 4.78 is 13.7. The number of benzene rings is 1. The van der Waals surface area contributed by atoms with Gasteiger partial charge in [-0.1, -0.05) is 11.2 Å². The smallest absolute Gasteiger partial charge is 0.260 e. The number of rotatable bonds is 3. The molecule has 7 nitrogen and oxygen atoms in total. The van der Waals surface area contributed by atoms with Crippen molar-refractivity contribution in [1.82, 2.24) is 9.80 Å². The van der Waals surface area contributed by atoms with Gasteiger partial charge in [-0.15, -0.1) is 0 Å². The van der Waals surface area contributed by atoms with Crippen molar-refractivity contribution in [3.63, 3.8) is 0 Å². The second-order valence-corrected chi connectivity index (χ2v) is 4.79. The highest BCUT2D eigenvalue weighted by atomic mass is 19.1. The van der Waals surface area contributed by atoms with Crippen LogP contribution in [0.3, 0.4) is 0 Å². The fourth-order valence-electron chi connectivity index (χ4n) is 2.25. The Morgan fingerprint density at radius 1 is 1.33 bits per heavy atom. The number of phenolic OH excluding ortho intramolecular Hbond substituents is 1. The molecule has 1 aromatic carbocycles. The zero-order valence-corrected chi connectivity index (χ0v) is 11.4. The van der Waals surface area contributed by atoms with E-state index in [4.69, 9.17) is 10.9 Å². The van der Waals surface area contributed by atoms with Crippen molar-refractivity contribution in [2.24, 2.45) is 10.9 Å². The lowest BCUT2D eigenvalue weighted by atomic mass is 10.1. The van der Waals surface area contributed by atoms with E-state index in [9.17, 15) is 14.3 Å². The molecule has 2 rings (SSSR count). The summed E-state index contributed by atoms with van der Waals surface area (Å²) in [5, 5.41) is 21.1. The van der Waals surface area contributed by atoms with E-state index >= 15 is 0 Å². The lowest BCUT2D eigenvalue weighted by molar-refractivity contribution is 0.0645. The number of amides is 1. The van der Waals surface area contributed by atoms with Gasteiger partial charge in [0, 0.05) is 26.2 Å². The van der Waals surface area contributed by atoms with Crippen LogP contribution in [0, 0.1) is 5.82 Å². The molecule has 1 aliphatic rings. The lowest BCUT2D eigenvalue weighted by Gasteiger charge is -2.34. The summed E-state index contributed by atoms with van der Waals surface area (Å²) in [4.78, 5) is 15.6. The van der Waals surface area contributed by atoms with Gasteiger partial charge in [0.1, 0.15) is 17.1 Å². The highest BCUT2D eigenvalue weighted by Crippen LogP contribution is 2.22. The predicted molar refractivity (Wildman–Crippen MR) is 73.8 cm³/mol. The molecule has 0 saturated carbocycles. The number of halogens is 1. The average molecular weight is 296 g/mol. The zero-order valence-electron chi connectivity index (χ0n) is 11.4. The summed E-state index contributed by atoms with van der Waals surface area (Å²) in [6.07, 6.45) is 0. The molecule has 0 bridgehead atoms. The van der Waals surface area contributed by atoms with Gasteiger partial charge in [-0.3, -0.25) is 9.69 Å². The van der Waals surface area contributed by atoms with Gasteiger partial charge in [-0.2, -0.15) is 0 Å². The summed E-state index contributed by atoms with van der Waals surface area (Å²) >= 11 is 0. The number of carbonyl (C=O) groups excluding carboxylic acids is 1. The first-order valence-corrected chi connectivity index (χ1v) is 6.48. The molecule has 1 heterocycles. The number of hydrogen-bond donors (Lipinski definition) is 3. The van der Waals surface area contributed by atoms with E-state index in [1.165, 1.54) is 17.0 Å². The minimum atomic E-state index is -0.737. The van der Waals surface area contributed by atoms with Crippen LogP contribution < -0.4 is 5.73 Å². The quantitative estimate of drug-likeness (QED) is 0.316. The van der Waals surface area contributed by atoms with Crippen molar-refractivity contribution in [2.75, 3.05) is 32.7 Å². The Hall–Kier alpha value is -2.35. The van der Waals surface area contributed by atoms with Crippen LogP contribution in [0.1, 0.15) is 10.4 Å². The molecular weight excluding hydrogens is 279 g/mol. The van der Waals surface area contributed by atoms with Gasteiger partial charge in [0.25, 0.3) is 5.91 Å². The van der Waals surface area contributed by atoms with Crippen molar-refractivity contribution in [2.45, 2.75) is 0 Å². The summed E-state index contributed by atoms with van der Waals surface area (Å²) in [5.41, 5.74) is 5.12. The topological polar surface area (TPSA) is 102 Å². The Morgan fingerprint density at radius 3 is 2.57 bits per heavy atom. The maximum absolute atomic E-state index is 13.7. The van der Waals surface area contributed by atoms with Crippen LogP contribution in [0.25, 0.3) is 0 Å². The minimum Gasteiger partial charge on any atom is -0.507 e. The van der Waals surface area contributed by atoms with Crippen LogP contribution in [0.2, 0.25) is 0 Å². The molecule has 0 unspecified atom stereocenters. The molecule has 8 heteroatoms. The fraction of sp³-hybridized carbons (Fsp3) is 0.385. The highest BCUT2D eigenvalue weighted by Gasteiger charge is 2.26. The van der Waals surface area contributed by atoms with Crippen molar-refractivity contribution in [3.8, 4) is 5.75 Å². The SMILES string of the molecule is N/C(CN1CCN(C(=O)c2c(O)cccc2F)CC1)=N/O.